The van der Waals surface area contributed by atoms with Crippen molar-refractivity contribution in [1.82, 2.24) is 15.2 Å². The van der Waals surface area contributed by atoms with Gasteiger partial charge in [0.15, 0.2) is 5.01 Å². The van der Waals surface area contributed by atoms with Crippen LogP contribution in [0.2, 0.25) is 0 Å². The van der Waals surface area contributed by atoms with Crippen molar-refractivity contribution in [2.24, 2.45) is 5.92 Å². The molecule has 0 aromatic carbocycles. The summed E-state index contributed by atoms with van der Waals surface area (Å²) in [6.07, 6.45) is 1.03. The van der Waals surface area contributed by atoms with Gasteiger partial charge in [0.25, 0.3) is 0 Å². The van der Waals surface area contributed by atoms with Gasteiger partial charge in [0.1, 0.15) is 0 Å². The van der Waals surface area contributed by atoms with Crippen molar-refractivity contribution in [3.63, 3.8) is 0 Å². The van der Waals surface area contributed by atoms with Crippen molar-refractivity contribution in [2.75, 3.05) is 11.9 Å². The third-order valence-corrected chi connectivity index (χ3v) is 4.59. The zero-order valence-electron chi connectivity index (χ0n) is 11.1. The third kappa shape index (κ3) is 3.05. The number of aryl methyl sites for hydroxylation is 1. The molecule has 0 atom stereocenters. The van der Waals surface area contributed by atoms with E-state index in [2.05, 4.69) is 41.3 Å². The molecule has 0 saturated carbocycles. The fraction of sp³-hybridized carbons (Fsp3) is 0.583. The van der Waals surface area contributed by atoms with Crippen molar-refractivity contribution in [3.8, 4) is 9.88 Å². The molecule has 1 N–H and O–H groups in total. The minimum absolute atomic E-state index is 0.634. The van der Waals surface area contributed by atoms with Crippen LogP contribution in [0.1, 0.15) is 31.5 Å². The summed E-state index contributed by atoms with van der Waals surface area (Å²) in [5.41, 5.74) is 1.06. The number of aromatic nitrogens is 3. The van der Waals surface area contributed by atoms with Gasteiger partial charge in [-0.15, -0.1) is 21.5 Å². The normalized spacial score (nSPS) is 11.2. The van der Waals surface area contributed by atoms with Crippen LogP contribution in [0.3, 0.4) is 0 Å². The maximum atomic E-state index is 4.62. The lowest BCUT2D eigenvalue weighted by molar-refractivity contribution is 0.643. The van der Waals surface area contributed by atoms with Crippen LogP contribution in [-0.2, 0) is 6.42 Å². The predicted octanol–water partition coefficient (Wildman–Crippen LogP) is 3.60. The van der Waals surface area contributed by atoms with Crippen molar-refractivity contribution in [2.45, 2.75) is 34.1 Å². The largest absolute Gasteiger partial charge is 0.360 e. The van der Waals surface area contributed by atoms with Crippen LogP contribution in [-0.4, -0.2) is 21.7 Å². The van der Waals surface area contributed by atoms with Crippen molar-refractivity contribution in [1.29, 1.82) is 0 Å². The Morgan fingerprint density at radius 1 is 1.22 bits per heavy atom. The molecule has 2 aromatic rings. The van der Waals surface area contributed by atoms with Crippen LogP contribution in [0.4, 0.5) is 5.13 Å². The van der Waals surface area contributed by atoms with Gasteiger partial charge in [0, 0.05) is 13.0 Å². The smallest absolute Gasteiger partial charge is 0.206 e. The van der Waals surface area contributed by atoms with Gasteiger partial charge in [-0.25, -0.2) is 4.98 Å². The summed E-state index contributed by atoms with van der Waals surface area (Å²) < 4.78 is 0. The van der Waals surface area contributed by atoms with E-state index in [1.165, 1.54) is 5.01 Å². The van der Waals surface area contributed by atoms with Crippen molar-refractivity contribution < 1.29 is 0 Å². The van der Waals surface area contributed by atoms with Gasteiger partial charge in [-0.3, -0.25) is 0 Å². The number of rotatable bonds is 5. The van der Waals surface area contributed by atoms with E-state index in [-0.39, 0.29) is 0 Å². The van der Waals surface area contributed by atoms with E-state index < -0.39 is 0 Å². The molecule has 4 nitrogen and oxygen atoms in total. The standard InChI is InChI=1S/C12H18N4S2/c1-5-13-12-16-15-11(18-12)10-8(4)14-9(17-10)6-7(2)3/h7H,5-6H2,1-4H3,(H,13,16). The molecule has 0 unspecified atom stereocenters. The first-order valence-electron chi connectivity index (χ1n) is 6.14. The molecule has 0 radical (unpaired) electrons. The van der Waals surface area contributed by atoms with Gasteiger partial charge in [-0.2, -0.15) is 0 Å². The summed E-state index contributed by atoms with van der Waals surface area (Å²) in [6.45, 7) is 9.40. The van der Waals surface area contributed by atoms with E-state index in [0.29, 0.717) is 5.92 Å². The number of nitrogens with one attached hydrogen (secondary N) is 1. The Labute approximate surface area is 116 Å². The first-order valence-corrected chi connectivity index (χ1v) is 7.77. The molecule has 2 aromatic heterocycles. The minimum atomic E-state index is 0.634. The van der Waals surface area contributed by atoms with Crippen LogP contribution >= 0.6 is 22.7 Å². The molecule has 0 fully saturated rings. The summed E-state index contributed by atoms with van der Waals surface area (Å²) in [7, 11) is 0. The lowest BCUT2D eigenvalue weighted by Crippen LogP contribution is -1.94. The molecule has 0 aliphatic heterocycles. The molecular weight excluding hydrogens is 264 g/mol. The molecule has 18 heavy (non-hydrogen) atoms. The van der Waals surface area contributed by atoms with Crippen molar-refractivity contribution >= 4 is 27.8 Å². The second kappa shape index (κ2) is 5.75. The minimum Gasteiger partial charge on any atom is -0.360 e. The quantitative estimate of drug-likeness (QED) is 0.910. The molecule has 0 aliphatic carbocycles. The van der Waals surface area contributed by atoms with Gasteiger partial charge in [0.05, 0.1) is 15.6 Å². The topological polar surface area (TPSA) is 50.7 Å². The lowest BCUT2D eigenvalue weighted by atomic mass is 10.1. The van der Waals surface area contributed by atoms with E-state index in [0.717, 1.165) is 33.7 Å². The molecule has 0 saturated heterocycles. The Kier molecular flexibility index (Phi) is 4.29. The Morgan fingerprint density at radius 3 is 2.67 bits per heavy atom. The second-order valence-electron chi connectivity index (χ2n) is 4.56. The van der Waals surface area contributed by atoms with Gasteiger partial charge in [-0.05, 0) is 19.8 Å². The number of anilines is 1. The summed E-state index contributed by atoms with van der Waals surface area (Å²) in [5.74, 6) is 0.634. The number of nitrogens with zero attached hydrogens (tertiary/aromatic N) is 3. The molecule has 0 aliphatic rings. The number of thiazole rings is 1. The molecule has 0 spiro atoms. The van der Waals surface area contributed by atoms with Crippen molar-refractivity contribution in [3.05, 3.63) is 10.7 Å². The molecule has 2 rings (SSSR count). The third-order valence-electron chi connectivity index (χ3n) is 2.37. The molecule has 2 heterocycles. The van der Waals surface area contributed by atoms with Crippen LogP contribution in [0.25, 0.3) is 9.88 Å². The highest BCUT2D eigenvalue weighted by atomic mass is 32.1. The van der Waals surface area contributed by atoms with Gasteiger partial charge < -0.3 is 5.32 Å². The van der Waals surface area contributed by atoms with Gasteiger partial charge in [0.2, 0.25) is 5.13 Å². The maximum absolute atomic E-state index is 4.62. The van der Waals surface area contributed by atoms with E-state index in [1.807, 2.05) is 6.92 Å². The first-order chi connectivity index (χ1) is 8.60. The fourth-order valence-electron chi connectivity index (χ4n) is 1.62. The number of hydrogen-bond donors (Lipinski definition) is 1. The monoisotopic (exact) mass is 282 g/mol. The predicted molar refractivity (Wildman–Crippen MR) is 78.5 cm³/mol. The van der Waals surface area contributed by atoms with E-state index in [1.54, 1.807) is 22.7 Å². The molecular formula is C12H18N4S2. The van der Waals surface area contributed by atoms with Gasteiger partial charge in [-0.1, -0.05) is 25.2 Å². The highest BCUT2D eigenvalue weighted by Crippen LogP contribution is 2.34. The Hall–Kier alpha value is -1.01. The van der Waals surface area contributed by atoms with E-state index in [9.17, 15) is 0 Å². The molecule has 0 amide bonds. The summed E-state index contributed by atoms with van der Waals surface area (Å²) in [5, 5.41) is 14.6. The summed E-state index contributed by atoms with van der Waals surface area (Å²) >= 11 is 3.34. The lowest BCUT2D eigenvalue weighted by Gasteiger charge is -1.97. The SMILES string of the molecule is CCNc1nnc(-c2sc(CC(C)C)nc2C)s1. The Bertz CT molecular complexity index is 516. The zero-order valence-corrected chi connectivity index (χ0v) is 12.8. The highest BCUT2D eigenvalue weighted by Gasteiger charge is 2.14. The van der Waals surface area contributed by atoms with Gasteiger partial charge >= 0.3 is 0 Å². The highest BCUT2D eigenvalue weighted by molar-refractivity contribution is 7.23. The zero-order chi connectivity index (χ0) is 13.1. The molecule has 6 heteroatoms. The van der Waals surface area contributed by atoms with Crippen LogP contribution in [0.5, 0.6) is 0 Å². The van der Waals surface area contributed by atoms with E-state index in [4.69, 9.17) is 0 Å². The average Bonchev–Trinajstić information content (AvgIpc) is 2.85. The average molecular weight is 282 g/mol. The second-order valence-corrected chi connectivity index (χ2v) is 6.62. The van der Waals surface area contributed by atoms with Crippen LogP contribution in [0.15, 0.2) is 0 Å². The maximum Gasteiger partial charge on any atom is 0.206 e. The molecule has 0 bridgehead atoms. The van der Waals surface area contributed by atoms with E-state index >= 15 is 0 Å². The van der Waals surface area contributed by atoms with Crippen LogP contribution in [0, 0.1) is 12.8 Å². The molecule has 98 valence electrons. The number of hydrogen-bond acceptors (Lipinski definition) is 6. The summed E-state index contributed by atoms with van der Waals surface area (Å²) in [4.78, 5) is 5.78. The Balaban J connectivity index is 2.23. The first kappa shape index (κ1) is 13.4. The Morgan fingerprint density at radius 2 is 2.00 bits per heavy atom. The van der Waals surface area contributed by atoms with Crippen LogP contribution < -0.4 is 5.32 Å². The fourth-order valence-corrected chi connectivity index (χ4v) is 3.83. The summed E-state index contributed by atoms with van der Waals surface area (Å²) in [6, 6.07) is 0.